The van der Waals surface area contributed by atoms with E-state index in [-0.39, 0.29) is 18.3 Å². The molecule has 146 valence electrons. The molecule has 9 nitrogen and oxygen atoms in total. The summed E-state index contributed by atoms with van der Waals surface area (Å²) in [7, 11) is 0. The molecule has 1 fully saturated rings. The molecule has 9 heteroatoms. The third-order valence-corrected chi connectivity index (χ3v) is 4.65. The van der Waals surface area contributed by atoms with Gasteiger partial charge in [-0.05, 0) is 37.6 Å². The quantitative estimate of drug-likeness (QED) is 0.597. The van der Waals surface area contributed by atoms with Gasteiger partial charge in [0.15, 0.2) is 0 Å². The standard InChI is InChI=1S/C19H19N3O6/c1-19(17(23)24)9-10-21(12-19)18(25)20-13-3-2-4-16(11-13)28-15-7-5-14(6-8-15)22(26)27/h2-8,11H,9-10,12H2,1H3,(H,20,25)(H,23,24). The van der Waals surface area contributed by atoms with E-state index >= 15 is 0 Å². The number of urea groups is 1. The van der Waals surface area contributed by atoms with Gasteiger partial charge in [0.05, 0.1) is 10.3 Å². The first-order valence-electron chi connectivity index (χ1n) is 8.58. The summed E-state index contributed by atoms with van der Waals surface area (Å²) >= 11 is 0. The SMILES string of the molecule is CC1(C(=O)O)CCN(C(=O)Nc2cccc(Oc3ccc([N+](=O)[O-])cc3)c2)C1. The Balaban J connectivity index is 1.64. The van der Waals surface area contributed by atoms with Gasteiger partial charge in [-0.25, -0.2) is 4.79 Å². The molecular formula is C19H19N3O6. The maximum Gasteiger partial charge on any atom is 0.321 e. The highest BCUT2D eigenvalue weighted by atomic mass is 16.6. The van der Waals surface area contributed by atoms with Crippen LogP contribution in [0.4, 0.5) is 16.2 Å². The number of non-ortho nitro benzene ring substituents is 1. The van der Waals surface area contributed by atoms with Crippen LogP contribution in [0, 0.1) is 15.5 Å². The second kappa shape index (κ2) is 7.55. The molecule has 0 bridgehead atoms. The summed E-state index contributed by atoms with van der Waals surface area (Å²) in [5, 5.41) is 22.7. The van der Waals surface area contributed by atoms with Crippen molar-refractivity contribution in [2.24, 2.45) is 5.41 Å². The first-order valence-corrected chi connectivity index (χ1v) is 8.58. The monoisotopic (exact) mass is 385 g/mol. The number of nitrogens with zero attached hydrogens (tertiary/aromatic N) is 2. The Morgan fingerprint density at radius 2 is 1.93 bits per heavy atom. The van der Waals surface area contributed by atoms with E-state index in [1.165, 1.54) is 29.2 Å². The number of likely N-dealkylation sites (tertiary alicyclic amines) is 1. The number of benzene rings is 2. The molecule has 2 amide bonds. The fourth-order valence-electron chi connectivity index (χ4n) is 2.92. The number of carboxylic acids is 1. The van der Waals surface area contributed by atoms with Crippen molar-refractivity contribution < 1.29 is 24.4 Å². The molecule has 1 saturated heterocycles. The van der Waals surface area contributed by atoms with Crippen LogP contribution < -0.4 is 10.1 Å². The Morgan fingerprint density at radius 1 is 1.21 bits per heavy atom. The number of nitro benzene ring substituents is 1. The molecule has 1 atom stereocenters. The van der Waals surface area contributed by atoms with Crippen LogP contribution in [0.25, 0.3) is 0 Å². The predicted octanol–water partition coefficient (Wildman–Crippen LogP) is 3.72. The lowest BCUT2D eigenvalue weighted by Crippen LogP contribution is -2.37. The molecule has 1 unspecified atom stereocenters. The highest BCUT2D eigenvalue weighted by Crippen LogP contribution is 2.31. The number of nitrogens with one attached hydrogen (secondary N) is 1. The summed E-state index contributed by atoms with van der Waals surface area (Å²) in [4.78, 5) is 35.4. The summed E-state index contributed by atoms with van der Waals surface area (Å²) in [5.41, 5.74) is -0.473. The highest BCUT2D eigenvalue weighted by molar-refractivity contribution is 5.90. The molecule has 1 aliphatic rings. The summed E-state index contributed by atoms with van der Waals surface area (Å²) in [6.45, 7) is 2.14. The van der Waals surface area contributed by atoms with Crippen molar-refractivity contribution in [1.82, 2.24) is 4.90 Å². The number of ether oxygens (including phenoxy) is 1. The number of nitro groups is 1. The van der Waals surface area contributed by atoms with Crippen LogP contribution in [-0.2, 0) is 4.79 Å². The second-order valence-electron chi connectivity index (χ2n) is 6.85. The molecule has 0 spiro atoms. The lowest BCUT2D eigenvalue weighted by atomic mass is 9.90. The topological polar surface area (TPSA) is 122 Å². The number of carboxylic acid groups (broad SMARTS) is 1. The zero-order valence-electron chi connectivity index (χ0n) is 15.1. The van der Waals surface area contributed by atoms with Gasteiger partial charge in [-0.2, -0.15) is 0 Å². The molecule has 0 aliphatic carbocycles. The van der Waals surface area contributed by atoms with Gasteiger partial charge in [0.25, 0.3) is 5.69 Å². The van der Waals surface area contributed by atoms with E-state index < -0.39 is 16.3 Å². The largest absolute Gasteiger partial charge is 0.481 e. The van der Waals surface area contributed by atoms with Crippen LogP contribution in [0.2, 0.25) is 0 Å². The molecule has 0 aromatic heterocycles. The van der Waals surface area contributed by atoms with Crippen molar-refractivity contribution in [3.63, 3.8) is 0 Å². The van der Waals surface area contributed by atoms with E-state index in [1.54, 1.807) is 31.2 Å². The third kappa shape index (κ3) is 4.20. The van der Waals surface area contributed by atoms with E-state index in [0.29, 0.717) is 30.2 Å². The van der Waals surface area contributed by atoms with Crippen molar-refractivity contribution in [2.75, 3.05) is 18.4 Å². The lowest BCUT2D eigenvalue weighted by molar-refractivity contribution is -0.384. The van der Waals surface area contributed by atoms with E-state index in [4.69, 9.17) is 4.74 Å². The van der Waals surface area contributed by atoms with Crippen molar-refractivity contribution in [3.8, 4) is 11.5 Å². The molecule has 1 heterocycles. The fraction of sp³-hybridized carbons (Fsp3) is 0.263. The number of rotatable bonds is 5. The summed E-state index contributed by atoms with van der Waals surface area (Å²) < 4.78 is 5.66. The van der Waals surface area contributed by atoms with Crippen LogP contribution in [0.15, 0.2) is 48.5 Å². The summed E-state index contributed by atoms with van der Waals surface area (Å²) in [5.74, 6) is -0.0458. The predicted molar refractivity (Wildman–Crippen MR) is 101 cm³/mol. The number of amides is 2. The van der Waals surface area contributed by atoms with E-state index in [1.807, 2.05) is 0 Å². The van der Waals surface area contributed by atoms with Crippen LogP contribution in [0.3, 0.4) is 0 Å². The van der Waals surface area contributed by atoms with E-state index in [9.17, 15) is 24.8 Å². The summed E-state index contributed by atoms with van der Waals surface area (Å²) in [6.07, 6.45) is 0.402. The average molecular weight is 385 g/mol. The zero-order chi connectivity index (χ0) is 20.3. The minimum atomic E-state index is -0.932. The molecule has 0 radical (unpaired) electrons. The molecule has 2 N–H and O–H groups in total. The first kappa shape index (κ1) is 19.2. The smallest absolute Gasteiger partial charge is 0.321 e. The maximum atomic E-state index is 12.4. The van der Waals surface area contributed by atoms with Gasteiger partial charge < -0.3 is 20.1 Å². The van der Waals surface area contributed by atoms with Gasteiger partial charge in [0.2, 0.25) is 0 Å². The lowest BCUT2D eigenvalue weighted by Gasteiger charge is -2.20. The fourth-order valence-corrected chi connectivity index (χ4v) is 2.92. The minimum Gasteiger partial charge on any atom is -0.481 e. The van der Waals surface area contributed by atoms with Crippen molar-refractivity contribution in [2.45, 2.75) is 13.3 Å². The molecule has 2 aromatic carbocycles. The van der Waals surface area contributed by atoms with Crippen LogP contribution in [0.5, 0.6) is 11.5 Å². The third-order valence-electron chi connectivity index (χ3n) is 4.65. The van der Waals surface area contributed by atoms with Gasteiger partial charge in [-0.3, -0.25) is 14.9 Å². The Kier molecular flexibility index (Phi) is 5.16. The number of hydrogen-bond acceptors (Lipinski definition) is 5. The highest BCUT2D eigenvalue weighted by Gasteiger charge is 2.42. The summed E-state index contributed by atoms with van der Waals surface area (Å²) in [6, 6.07) is 12.0. The molecule has 1 aliphatic heterocycles. The normalized spacial score (nSPS) is 18.5. The Labute approximate surface area is 160 Å². The molecular weight excluding hydrogens is 366 g/mol. The van der Waals surface area contributed by atoms with Gasteiger partial charge >= 0.3 is 12.0 Å². The van der Waals surface area contributed by atoms with Gasteiger partial charge in [0, 0.05) is 37.0 Å². The number of anilines is 1. The molecule has 28 heavy (non-hydrogen) atoms. The zero-order valence-corrected chi connectivity index (χ0v) is 15.1. The minimum absolute atomic E-state index is 0.0349. The van der Waals surface area contributed by atoms with Crippen molar-refractivity contribution in [1.29, 1.82) is 0 Å². The van der Waals surface area contributed by atoms with Crippen LogP contribution >= 0.6 is 0 Å². The van der Waals surface area contributed by atoms with Gasteiger partial charge in [-0.15, -0.1) is 0 Å². The number of carbonyl (C=O) groups is 2. The Bertz CT molecular complexity index is 914. The molecule has 0 saturated carbocycles. The Morgan fingerprint density at radius 3 is 2.54 bits per heavy atom. The van der Waals surface area contributed by atoms with E-state index in [2.05, 4.69) is 5.32 Å². The number of hydrogen-bond donors (Lipinski definition) is 2. The van der Waals surface area contributed by atoms with E-state index in [0.717, 1.165) is 0 Å². The number of carbonyl (C=O) groups excluding carboxylic acids is 1. The second-order valence-corrected chi connectivity index (χ2v) is 6.85. The maximum absolute atomic E-state index is 12.4. The van der Waals surface area contributed by atoms with Gasteiger partial charge in [-0.1, -0.05) is 6.07 Å². The van der Waals surface area contributed by atoms with Crippen molar-refractivity contribution >= 4 is 23.4 Å². The molecule has 3 rings (SSSR count). The molecule has 2 aromatic rings. The van der Waals surface area contributed by atoms with Crippen molar-refractivity contribution in [3.05, 3.63) is 58.6 Å². The van der Waals surface area contributed by atoms with Crippen LogP contribution in [-0.4, -0.2) is 40.0 Å². The number of aliphatic carboxylic acids is 1. The first-order chi connectivity index (χ1) is 13.3. The average Bonchev–Trinajstić information content (AvgIpc) is 3.06. The van der Waals surface area contributed by atoms with Gasteiger partial charge in [0.1, 0.15) is 11.5 Å². The Hall–Kier alpha value is -3.62. The van der Waals surface area contributed by atoms with Crippen LogP contribution in [0.1, 0.15) is 13.3 Å².